The molecule has 5 heteroatoms. The van der Waals surface area contributed by atoms with E-state index in [-0.39, 0.29) is 11.5 Å². The summed E-state index contributed by atoms with van der Waals surface area (Å²) in [6.07, 6.45) is 0.381. The van der Waals surface area contributed by atoms with Crippen LogP contribution in [-0.2, 0) is 12.8 Å². The number of fused-ring (bicyclic) bond motifs is 1. The van der Waals surface area contributed by atoms with E-state index in [1.54, 1.807) is 0 Å². The zero-order valence-electron chi connectivity index (χ0n) is 12.5. The summed E-state index contributed by atoms with van der Waals surface area (Å²) in [7, 11) is 0. The molecule has 3 rings (SSSR count). The number of aliphatic hydroxyl groups is 1. The third kappa shape index (κ3) is 2.93. The minimum atomic E-state index is -0.521. The zero-order valence-corrected chi connectivity index (χ0v) is 12.5. The van der Waals surface area contributed by atoms with Gasteiger partial charge in [-0.05, 0) is 17.0 Å². The third-order valence-electron chi connectivity index (χ3n) is 3.79. The van der Waals surface area contributed by atoms with Crippen LogP contribution in [0.5, 0.6) is 5.75 Å². The van der Waals surface area contributed by atoms with Crippen LogP contribution in [0, 0.1) is 5.41 Å². The second-order valence-electron chi connectivity index (χ2n) is 6.55. The second-order valence-corrected chi connectivity index (χ2v) is 6.55. The van der Waals surface area contributed by atoms with Gasteiger partial charge in [0.1, 0.15) is 5.75 Å². The van der Waals surface area contributed by atoms with E-state index in [0.29, 0.717) is 18.1 Å². The molecule has 0 spiro atoms. The van der Waals surface area contributed by atoms with Gasteiger partial charge in [0.05, 0.1) is 12.5 Å². The lowest BCUT2D eigenvalue weighted by Crippen LogP contribution is -2.28. The van der Waals surface area contributed by atoms with Crippen molar-refractivity contribution in [3.63, 3.8) is 0 Å². The van der Waals surface area contributed by atoms with Gasteiger partial charge < -0.3 is 14.4 Å². The van der Waals surface area contributed by atoms with E-state index in [0.717, 1.165) is 17.7 Å². The molecule has 1 N–H and O–H groups in total. The molecule has 1 aromatic heterocycles. The first-order valence-corrected chi connectivity index (χ1v) is 7.18. The zero-order chi connectivity index (χ0) is 15.0. The Morgan fingerprint density at radius 2 is 2.10 bits per heavy atom. The van der Waals surface area contributed by atoms with Crippen LogP contribution in [0.25, 0.3) is 0 Å². The van der Waals surface area contributed by atoms with Gasteiger partial charge in [-0.2, -0.15) is 4.98 Å². The quantitative estimate of drug-likeness (QED) is 0.940. The number of hydrogen-bond donors (Lipinski definition) is 1. The SMILES string of the molecule is CC(C)(C)C(O)Cc1nc(C2Cc3ccccc3O2)no1. The summed E-state index contributed by atoms with van der Waals surface area (Å²) in [6, 6.07) is 7.92. The van der Waals surface area contributed by atoms with E-state index in [4.69, 9.17) is 9.26 Å². The third-order valence-corrected chi connectivity index (χ3v) is 3.79. The molecule has 2 aromatic rings. The van der Waals surface area contributed by atoms with Crippen molar-refractivity contribution in [2.24, 2.45) is 5.41 Å². The highest BCUT2D eigenvalue weighted by atomic mass is 16.5. The van der Waals surface area contributed by atoms with E-state index in [2.05, 4.69) is 10.1 Å². The Kier molecular flexibility index (Phi) is 3.45. The number of aliphatic hydroxyl groups excluding tert-OH is 1. The maximum absolute atomic E-state index is 10.1. The Labute approximate surface area is 123 Å². The number of nitrogens with zero attached hydrogens (tertiary/aromatic N) is 2. The van der Waals surface area contributed by atoms with Crippen LogP contribution in [0.1, 0.15) is 44.2 Å². The summed E-state index contributed by atoms with van der Waals surface area (Å²) in [5.41, 5.74) is 0.943. The van der Waals surface area contributed by atoms with Crippen LogP contribution in [0.2, 0.25) is 0 Å². The van der Waals surface area contributed by atoms with Gasteiger partial charge in [-0.3, -0.25) is 0 Å². The number of rotatable bonds is 3. The van der Waals surface area contributed by atoms with Crippen LogP contribution in [0.4, 0.5) is 0 Å². The molecule has 2 heterocycles. The largest absolute Gasteiger partial charge is 0.482 e. The molecule has 2 atom stereocenters. The van der Waals surface area contributed by atoms with Crippen molar-refractivity contribution in [1.82, 2.24) is 10.1 Å². The highest BCUT2D eigenvalue weighted by Crippen LogP contribution is 2.35. The maximum Gasteiger partial charge on any atom is 0.229 e. The molecule has 5 nitrogen and oxygen atoms in total. The molecule has 112 valence electrons. The molecule has 0 saturated heterocycles. The van der Waals surface area contributed by atoms with Gasteiger partial charge >= 0.3 is 0 Å². The van der Waals surface area contributed by atoms with Gasteiger partial charge in [0, 0.05) is 6.42 Å². The molecule has 1 aliphatic rings. The molecular weight excluding hydrogens is 268 g/mol. The van der Waals surface area contributed by atoms with Gasteiger partial charge in [0.25, 0.3) is 0 Å². The Morgan fingerprint density at radius 3 is 2.81 bits per heavy atom. The monoisotopic (exact) mass is 288 g/mol. The van der Waals surface area contributed by atoms with Crippen molar-refractivity contribution in [2.45, 2.75) is 45.8 Å². The van der Waals surface area contributed by atoms with Crippen LogP contribution in [-0.4, -0.2) is 21.4 Å². The molecule has 0 amide bonds. The molecule has 0 radical (unpaired) electrons. The Bertz CT molecular complexity index is 605. The average molecular weight is 288 g/mol. The first-order valence-electron chi connectivity index (χ1n) is 7.18. The molecule has 1 aromatic carbocycles. The van der Waals surface area contributed by atoms with E-state index in [1.165, 1.54) is 0 Å². The number of para-hydroxylation sites is 1. The molecule has 0 saturated carbocycles. The summed E-state index contributed by atoms with van der Waals surface area (Å²) in [6.45, 7) is 5.93. The van der Waals surface area contributed by atoms with Crippen molar-refractivity contribution in [1.29, 1.82) is 0 Å². The Balaban J connectivity index is 1.70. The molecule has 0 bridgehead atoms. The number of ether oxygens (including phenoxy) is 1. The number of aromatic nitrogens is 2. The molecule has 1 aliphatic heterocycles. The van der Waals surface area contributed by atoms with Crippen molar-refractivity contribution in [2.75, 3.05) is 0 Å². The molecule has 2 unspecified atom stereocenters. The van der Waals surface area contributed by atoms with E-state index >= 15 is 0 Å². The summed E-state index contributed by atoms with van der Waals surface area (Å²) in [5.74, 6) is 1.87. The normalized spacial score (nSPS) is 19.1. The van der Waals surface area contributed by atoms with Gasteiger partial charge in [-0.25, -0.2) is 0 Å². The Hall–Kier alpha value is -1.88. The Morgan fingerprint density at radius 1 is 1.33 bits per heavy atom. The van der Waals surface area contributed by atoms with Crippen molar-refractivity contribution in [3.8, 4) is 5.75 Å². The second kappa shape index (κ2) is 5.15. The smallest absolute Gasteiger partial charge is 0.229 e. The maximum atomic E-state index is 10.1. The lowest BCUT2D eigenvalue weighted by molar-refractivity contribution is 0.0565. The minimum Gasteiger partial charge on any atom is -0.482 e. The van der Waals surface area contributed by atoms with Crippen molar-refractivity contribution >= 4 is 0 Å². The summed E-state index contributed by atoms with van der Waals surface area (Å²) in [5, 5.41) is 14.1. The highest BCUT2D eigenvalue weighted by Gasteiger charge is 2.30. The van der Waals surface area contributed by atoms with E-state index < -0.39 is 6.10 Å². The number of benzene rings is 1. The standard InChI is InChI=1S/C16H20N2O3/c1-16(2,3)13(19)9-14-17-15(18-21-14)12-8-10-6-4-5-7-11(10)20-12/h4-7,12-13,19H,8-9H2,1-3H3. The first-order chi connectivity index (χ1) is 9.93. The van der Waals surface area contributed by atoms with Crippen LogP contribution >= 0.6 is 0 Å². The average Bonchev–Trinajstić information content (AvgIpc) is 3.02. The summed E-state index contributed by atoms with van der Waals surface area (Å²) >= 11 is 0. The van der Waals surface area contributed by atoms with Gasteiger partial charge in [-0.15, -0.1) is 0 Å². The minimum absolute atomic E-state index is 0.202. The van der Waals surface area contributed by atoms with Crippen molar-refractivity contribution in [3.05, 3.63) is 41.5 Å². The molecule has 0 aliphatic carbocycles. The summed E-state index contributed by atoms with van der Waals surface area (Å²) in [4.78, 5) is 4.37. The van der Waals surface area contributed by atoms with Crippen molar-refractivity contribution < 1.29 is 14.4 Å². The molecule has 21 heavy (non-hydrogen) atoms. The topological polar surface area (TPSA) is 68.4 Å². The van der Waals surface area contributed by atoms with Gasteiger partial charge in [0.15, 0.2) is 6.10 Å². The lowest BCUT2D eigenvalue weighted by Gasteiger charge is -2.24. The van der Waals surface area contributed by atoms with Gasteiger partial charge in [0.2, 0.25) is 11.7 Å². The van der Waals surface area contributed by atoms with E-state index in [9.17, 15) is 5.11 Å². The summed E-state index contributed by atoms with van der Waals surface area (Å²) < 4.78 is 11.1. The van der Waals surface area contributed by atoms with E-state index in [1.807, 2.05) is 45.0 Å². The highest BCUT2D eigenvalue weighted by molar-refractivity contribution is 5.37. The van der Waals surface area contributed by atoms with Crippen LogP contribution < -0.4 is 4.74 Å². The fraction of sp³-hybridized carbons (Fsp3) is 0.500. The predicted molar refractivity (Wildman–Crippen MR) is 77.0 cm³/mol. The predicted octanol–water partition coefficient (Wildman–Crippen LogP) is 2.70. The first kappa shape index (κ1) is 14.1. The molecule has 0 fully saturated rings. The molecular formula is C16H20N2O3. The van der Waals surface area contributed by atoms with Crippen LogP contribution in [0.15, 0.2) is 28.8 Å². The lowest BCUT2D eigenvalue weighted by atomic mass is 9.87. The van der Waals surface area contributed by atoms with Gasteiger partial charge in [-0.1, -0.05) is 44.1 Å². The fourth-order valence-corrected chi connectivity index (χ4v) is 2.28. The van der Waals surface area contributed by atoms with Crippen LogP contribution in [0.3, 0.4) is 0 Å². The number of hydrogen-bond acceptors (Lipinski definition) is 5. The fourth-order valence-electron chi connectivity index (χ4n) is 2.28.